The SMILES string of the molecule is CC(C)CC(C)NC(=O)CCCCl. The van der Waals surface area contributed by atoms with Gasteiger partial charge in [-0.25, -0.2) is 0 Å². The molecule has 0 bridgehead atoms. The Morgan fingerprint density at radius 2 is 2.00 bits per heavy atom. The first kappa shape index (κ1) is 12.8. The largest absolute Gasteiger partial charge is 0.354 e. The van der Waals surface area contributed by atoms with E-state index in [9.17, 15) is 4.79 Å². The molecule has 0 fully saturated rings. The molecule has 1 atom stereocenters. The monoisotopic (exact) mass is 205 g/mol. The Balaban J connectivity index is 3.53. The number of alkyl halides is 1. The number of amides is 1. The summed E-state index contributed by atoms with van der Waals surface area (Å²) >= 11 is 5.49. The van der Waals surface area contributed by atoms with E-state index in [2.05, 4.69) is 19.2 Å². The second kappa shape index (κ2) is 7.19. The summed E-state index contributed by atoms with van der Waals surface area (Å²) in [5.41, 5.74) is 0. The van der Waals surface area contributed by atoms with Crippen LogP contribution in [0.4, 0.5) is 0 Å². The van der Waals surface area contributed by atoms with E-state index in [0.29, 0.717) is 18.2 Å². The third kappa shape index (κ3) is 8.10. The van der Waals surface area contributed by atoms with Crippen LogP contribution < -0.4 is 5.32 Å². The second-order valence-electron chi connectivity index (χ2n) is 3.89. The predicted molar refractivity (Wildman–Crippen MR) is 57.0 cm³/mol. The molecule has 0 aliphatic rings. The van der Waals surface area contributed by atoms with Gasteiger partial charge in [0.1, 0.15) is 0 Å². The van der Waals surface area contributed by atoms with Gasteiger partial charge in [-0.05, 0) is 25.7 Å². The lowest BCUT2D eigenvalue weighted by Gasteiger charge is -2.15. The summed E-state index contributed by atoms with van der Waals surface area (Å²) in [4.78, 5) is 11.2. The fraction of sp³-hybridized carbons (Fsp3) is 0.900. The van der Waals surface area contributed by atoms with Crippen LogP contribution in [0.15, 0.2) is 0 Å². The van der Waals surface area contributed by atoms with E-state index in [1.165, 1.54) is 0 Å². The lowest BCUT2D eigenvalue weighted by Crippen LogP contribution is -2.33. The molecule has 0 heterocycles. The molecule has 0 aromatic rings. The maximum atomic E-state index is 11.2. The first-order valence-corrected chi connectivity index (χ1v) is 5.45. The standard InChI is InChI=1S/C10H20ClNO/c1-8(2)7-9(3)12-10(13)5-4-6-11/h8-9H,4-7H2,1-3H3,(H,12,13). The lowest BCUT2D eigenvalue weighted by atomic mass is 10.1. The molecule has 0 aromatic carbocycles. The number of carbonyl (C=O) groups excluding carboxylic acids is 1. The minimum absolute atomic E-state index is 0.119. The van der Waals surface area contributed by atoms with Crippen molar-refractivity contribution < 1.29 is 4.79 Å². The van der Waals surface area contributed by atoms with E-state index in [1.54, 1.807) is 0 Å². The van der Waals surface area contributed by atoms with Gasteiger partial charge < -0.3 is 5.32 Å². The summed E-state index contributed by atoms with van der Waals surface area (Å²) in [5.74, 6) is 1.31. The summed E-state index contributed by atoms with van der Waals surface area (Å²) in [6.07, 6.45) is 2.35. The Morgan fingerprint density at radius 1 is 1.38 bits per heavy atom. The maximum absolute atomic E-state index is 11.2. The molecule has 0 spiro atoms. The van der Waals surface area contributed by atoms with Gasteiger partial charge in [0.05, 0.1) is 0 Å². The smallest absolute Gasteiger partial charge is 0.220 e. The molecule has 13 heavy (non-hydrogen) atoms. The maximum Gasteiger partial charge on any atom is 0.220 e. The van der Waals surface area contributed by atoms with Gasteiger partial charge >= 0.3 is 0 Å². The van der Waals surface area contributed by atoms with E-state index in [-0.39, 0.29) is 11.9 Å². The van der Waals surface area contributed by atoms with Gasteiger partial charge in [-0.2, -0.15) is 0 Å². The average Bonchev–Trinajstić information content (AvgIpc) is 1.98. The minimum atomic E-state index is 0.119. The van der Waals surface area contributed by atoms with Crippen molar-refractivity contribution in [2.24, 2.45) is 5.92 Å². The molecule has 3 heteroatoms. The number of halogens is 1. The van der Waals surface area contributed by atoms with Crippen molar-refractivity contribution in [3.8, 4) is 0 Å². The van der Waals surface area contributed by atoms with Crippen LogP contribution in [0.5, 0.6) is 0 Å². The number of nitrogens with one attached hydrogen (secondary N) is 1. The highest BCUT2D eigenvalue weighted by Gasteiger charge is 2.07. The van der Waals surface area contributed by atoms with Crippen LogP contribution >= 0.6 is 11.6 Å². The van der Waals surface area contributed by atoms with Crippen LogP contribution in [0.3, 0.4) is 0 Å². The van der Waals surface area contributed by atoms with Gasteiger partial charge in [0, 0.05) is 18.3 Å². The van der Waals surface area contributed by atoms with Gasteiger partial charge in [0.15, 0.2) is 0 Å². The van der Waals surface area contributed by atoms with Crippen LogP contribution in [0.25, 0.3) is 0 Å². The molecule has 0 aliphatic carbocycles. The highest BCUT2D eigenvalue weighted by molar-refractivity contribution is 6.17. The average molecular weight is 206 g/mol. The Hall–Kier alpha value is -0.240. The van der Waals surface area contributed by atoms with Crippen molar-refractivity contribution in [1.29, 1.82) is 0 Å². The van der Waals surface area contributed by atoms with Crippen molar-refractivity contribution >= 4 is 17.5 Å². The van der Waals surface area contributed by atoms with Crippen LogP contribution in [0.2, 0.25) is 0 Å². The third-order valence-corrected chi connectivity index (χ3v) is 2.04. The highest BCUT2D eigenvalue weighted by atomic mass is 35.5. The zero-order chi connectivity index (χ0) is 10.3. The molecule has 0 aromatic heterocycles. The fourth-order valence-corrected chi connectivity index (χ4v) is 1.47. The number of rotatable bonds is 6. The fourth-order valence-electron chi connectivity index (χ4n) is 1.34. The van der Waals surface area contributed by atoms with Gasteiger partial charge in [0.25, 0.3) is 0 Å². The van der Waals surface area contributed by atoms with E-state index >= 15 is 0 Å². The molecule has 78 valence electrons. The number of hydrogen-bond acceptors (Lipinski definition) is 1. The molecule has 0 aliphatic heterocycles. The van der Waals surface area contributed by atoms with E-state index in [0.717, 1.165) is 12.8 Å². The molecule has 0 rings (SSSR count). The van der Waals surface area contributed by atoms with Gasteiger partial charge in [-0.1, -0.05) is 13.8 Å². The zero-order valence-corrected chi connectivity index (χ0v) is 9.53. The Bertz CT molecular complexity index is 148. The van der Waals surface area contributed by atoms with Crippen molar-refractivity contribution in [3.05, 3.63) is 0 Å². The lowest BCUT2D eigenvalue weighted by molar-refractivity contribution is -0.121. The molecule has 0 radical (unpaired) electrons. The van der Waals surface area contributed by atoms with E-state index in [1.807, 2.05) is 6.92 Å². The molecular weight excluding hydrogens is 186 g/mol. The predicted octanol–water partition coefficient (Wildman–Crippen LogP) is 2.56. The molecule has 0 saturated heterocycles. The summed E-state index contributed by atoms with van der Waals surface area (Å²) in [7, 11) is 0. The van der Waals surface area contributed by atoms with Crippen molar-refractivity contribution in [2.45, 2.75) is 46.1 Å². The van der Waals surface area contributed by atoms with Gasteiger partial charge in [-0.3, -0.25) is 4.79 Å². The summed E-state index contributed by atoms with van der Waals surface area (Å²) in [5, 5.41) is 2.95. The van der Waals surface area contributed by atoms with Crippen LogP contribution in [0.1, 0.15) is 40.0 Å². The number of carbonyl (C=O) groups is 1. The first-order chi connectivity index (χ1) is 6.06. The first-order valence-electron chi connectivity index (χ1n) is 4.91. The van der Waals surface area contributed by atoms with Crippen LogP contribution in [-0.4, -0.2) is 17.8 Å². The molecule has 2 nitrogen and oxygen atoms in total. The topological polar surface area (TPSA) is 29.1 Å². The van der Waals surface area contributed by atoms with E-state index < -0.39 is 0 Å². The zero-order valence-electron chi connectivity index (χ0n) is 8.77. The quantitative estimate of drug-likeness (QED) is 0.664. The van der Waals surface area contributed by atoms with Gasteiger partial charge in [0.2, 0.25) is 5.91 Å². The molecular formula is C10H20ClNO. The summed E-state index contributed by atoms with van der Waals surface area (Å²) in [6, 6.07) is 0.280. The molecule has 1 amide bonds. The van der Waals surface area contributed by atoms with Gasteiger partial charge in [-0.15, -0.1) is 11.6 Å². The van der Waals surface area contributed by atoms with Crippen molar-refractivity contribution in [3.63, 3.8) is 0 Å². The third-order valence-electron chi connectivity index (χ3n) is 1.77. The second-order valence-corrected chi connectivity index (χ2v) is 4.27. The van der Waals surface area contributed by atoms with Crippen LogP contribution in [-0.2, 0) is 4.79 Å². The van der Waals surface area contributed by atoms with E-state index in [4.69, 9.17) is 11.6 Å². The Labute approximate surface area is 86.0 Å². The summed E-state index contributed by atoms with van der Waals surface area (Å²) in [6.45, 7) is 6.35. The highest BCUT2D eigenvalue weighted by Crippen LogP contribution is 2.04. The molecule has 0 saturated carbocycles. The minimum Gasteiger partial charge on any atom is -0.354 e. The number of hydrogen-bond donors (Lipinski definition) is 1. The molecule has 1 unspecified atom stereocenters. The molecule has 1 N–H and O–H groups in total. The normalized spacial score (nSPS) is 13.0. The Morgan fingerprint density at radius 3 is 2.46 bits per heavy atom. The van der Waals surface area contributed by atoms with Crippen molar-refractivity contribution in [1.82, 2.24) is 5.32 Å². The Kier molecular flexibility index (Phi) is 7.06. The summed E-state index contributed by atoms with van der Waals surface area (Å²) < 4.78 is 0. The van der Waals surface area contributed by atoms with Crippen LogP contribution in [0, 0.1) is 5.92 Å². The van der Waals surface area contributed by atoms with Crippen molar-refractivity contribution in [2.75, 3.05) is 5.88 Å².